The van der Waals surface area contributed by atoms with Crippen LogP contribution in [0.2, 0.25) is 0 Å². The highest BCUT2D eigenvalue weighted by Crippen LogP contribution is 2.48. The number of carbonyl (C=O) groups excluding carboxylic acids is 1. The lowest BCUT2D eigenvalue weighted by Gasteiger charge is -2.40. The van der Waals surface area contributed by atoms with Gasteiger partial charge in [0.1, 0.15) is 29.8 Å². The summed E-state index contributed by atoms with van der Waals surface area (Å²) in [5.74, 6) is -0.748. The number of fused-ring (bicyclic) bond motifs is 1. The zero-order valence-corrected chi connectivity index (χ0v) is 19.8. The zero-order valence-electron chi connectivity index (χ0n) is 19.1. The van der Waals surface area contributed by atoms with Gasteiger partial charge in [-0.1, -0.05) is 18.5 Å². The van der Waals surface area contributed by atoms with Crippen LogP contribution in [0, 0.1) is 5.41 Å². The minimum atomic E-state index is -1.32. The van der Waals surface area contributed by atoms with E-state index in [2.05, 4.69) is 25.5 Å². The highest BCUT2D eigenvalue weighted by molar-refractivity contribution is 6.29. The van der Waals surface area contributed by atoms with Gasteiger partial charge in [0, 0.05) is 22.9 Å². The Balaban J connectivity index is 1.49. The van der Waals surface area contributed by atoms with E-state index in [-0.39, 0.29) is 41.9 Å². The van der Waals surface area contributed by atoms with Crippen molar-refractivity contribution >= 4 is 34.4 Å². The normalized spacial score (nSPS) is 33.5. The molecule has 9 nitrogen and oxygen atoms in total. The molecule has 4 N–H and O–H groups in total. The maximum atomic E-state index is 15.0. The highest BCUT2D eigenvalue weighted by Gasteiger charge is 2.50. The fourth-order valence-corrected chi connectivity index (χ4v) is 5.83. The van der Waals surface area contributed by atoms with Crippen molar-refractivity contribution < 1.29 is 23.8 Å². The van der Waals surface area contributed by atoms with Crippen LogP contribution in [-0.2, 0) is 0 Å². The van der Waals surface area contributed by atoms with Crippen LogP contribution in [0.1, 0.15) is 49.5 Å². The predicted molar refractivity (Wildman–Crippen MR) is 125 cm³/mol. The van der Waals surface area contributed by atoms with E-state index < -0.39 is 47.6 Å². The predicted octanol–water partition coefficient (Wildman–Crippen LogP) is 2.98. The van der Waals surface area contributed by atoms with Crippen LogP contribution in [0.25, 0.3) is 11.0 Å². The molecule has 12 heteroatoms. The molecule has 1 unspecified atom stereocenters. The standard InChI is InChI=1S/C23H27ClF2N6O3/c1-23(8-11(24)5-6-15(23)26)16-7-12(25)9-32(16)22(35)18-17-20(27-10-28-21(17)31-30-18)29-13-3-2-4-14(33)19(13)34/h5-6,10,12-14,16,19,33-34H,2-4,7-9H2,1H3,(H2,27,28,29,30,31)/t12-,13+,14+,16+,19-,23?/m0/s1. The van der Waals surface area contributed by atoms with Gasteiger partial charge in [-0.25, -0.2) is 18.7 Å². The largest absolute Gasteiger partial charge is 0.390 e. The molecule has 1 saturated carbocycles. The van der Waals surface area contributed by atoms with Crippen LogP contribution in [-0.4, -0.2) is 78.2 Å². The van der Waals surface area contributed by atoms with Crippen LogP contribution in [0.5, 0.6) is 0 Å². The third-order valence-electron chi connectivity index (χ3n) is 7.45. The number of nitrogens with zero attached hydrogens (tertiary/aromatic N) is 4. The molecule has 2 fully saturated rings. The molecule has 6 atom stereocenters. The Morgan fingerprint density at radius 1 is 1.31 bits per heavy atom. The van der Waals surface area contributed by atoms with Crippen LogP contribution < -0.4 is 5.32 Å². The third-order valence-corrected chi connectivity index (χ3v) is 7.71. The summed E-state index contributed by atoms with van der Waals surface area (Å²) in [6.07, 6.45) is 2.77. The number of aliphatic hydroxyl groups is 2. The van der Waals surface area contributed by atoms with E-state index in [1.165, 1.54) is 23.4 Å². The molecule has 188 valence electrons. The third kappa shape index (κ3) is 4.19. The number of amides is 1. The SMILES string of the molecule is CC1([C@H]2C[C@H](F)CN2C(=O)c2[nH]nc3ncnc(N[C@@H]4CCC[C@@H](O)[C@H]4O)c23)CC(Cl)=CC=C1F. The fourth-order valence-electron chi connectivity index (χ4n) is 5.49. The zero-order chi connectivity index (χ0) is 24.9. The summed E-state index contributed by atoms with van der Waals surface area (Å²) in [6, 6.07) is -1.25. The van der Waals surface area contributed by atoms with E-state index >= 15 is 4.39 Å². The Morgan fingerprint density at radius 3 is 2.91 bits per heavy atom. The number of rotatable bonds is 4. The summed E-state index contributed by atoms with van der Waals surface area (Å²) in [4.78, 5) is 23.4. The quantitative estimate of drug-likeness (QED) is 0.500. The van der Waals surface area contributed by atoms with Crippen LogP contribution >= 0.6 is 11.6 Å². The van der Waals surface area contributed by atoms with E-state index in [0.29, 0.717) is 24.3 Å². The van der Waals surface area contributed by atoms with Crippen molar-refractivity contribution in [1.29, 1.82) is 0 Å². The molecule has 0 spiro atoms. The molecular formula is C23H27ClF2N6O3. The first-order valence-corrected chi connectivity index (χ1v) is 12.1. The van der Waals surface area contributed by atoms with Crippen LogP contribution in [0.15, 0.2) is 29.3 Å². The Morgan fingerprint density at radius 2 is 2.11 bits per heavy atom. The molecule has 0 bridgehead atoms. The number of likely N-dealkylation sites (tertiary alicyclic amines) is 1. The summed E-state index contributed by atoms with van der Waals surface area (Å²) < 4.78 is 29.7. The molecule has 1 aliphatic heterocycles. The fraction of sp³-hybridized carbons (Fsp3) is 0.565. The molecular weight excluding hydrogens is 482 g/mol. The summed E-state index contributed by atoms with van der Waals surface area (Å²) in [5.41, 5.74) is -0.915. The van der Waals surface area contributed by atoms with Crippen molar-refractivity contribution in [3.8, 4) is 0 Å². The van der Waals surface area contributed by atoms with E-state index in [9.17, 15) is 19.4 Å². The van der Waals surface area contributed by atoms with Gasteiger partial charge in [0.25, 0.3) is 5.91 Å². The number of halogens is 3. The van der Waals surface area contributed by atoms with Crippen LogP contribution in [0.3, 0.4) is 0 Å². The monoisotopic (exact) mass is 508 g/mol. The molecule has 1 saturated heterocycles. The average molecular weight is 509 g/mol. The molecule has 0 radical (unpaired) electrons. The van der Waals surface area contributed by atoms with Gasteiger partial charge in [-0.3, -0.25) is 9.89 Å². The Bertz CT molecular complexity index is 1210. The van der Waals surface area contributed by atoms with Crippen molar-refractivity contribution in [3.05, 3.63) is 35.0 Å². The molecule has 5 rings (SSSR count). The number of carbonyl (C=O) groups is 1. The van der Waals surface area contributed by atoms with Gasteiger partial charge >= 0.3 is 0 Å². The Kier molecular flexibility index (Phi) is 6.27. The first-order chi connectivity index (χ1) is 16.7. The molecule has 3 heterocycles. The Labute approximate surface area is 205 Å². The molecule has 35 heavy (non-hydrogen) atoms. The number of aliphatic hydroxyl groups excluding tert-OH is 2. The number of hydrogen-bond acceptors (Lipinski definition) is 7. The van der Waals surface area contributed by atoms with Crippen molar-refractivity contribution in [2.45, 2.75) is 69.5 Å². The van der Waals surface area contributed by atoms with Crippen molar-refractivity contribution in [3.63, 3.8) is 0 Å². The van der Waals surface area contributed by atoms with Gasteiger partial charge in [-0.05, 0) is 37.8 Å². The van der Waals surface area contributed by atoms with E-state index in [4.69, 9.17) is 11.6 Å². The van der Waals surface area contributed by atoms with Gasteiger partial charge in [0.15, 0.2) is 5.65 Å². The topological polar surface area (TPSA) is 127 Å². The number of allylic oxidation sites excluding steroid dienone is 3. The summed E-state index contributed by atoms with van der Waals surface area (Å²) in [6.45, 7) is 1.45. The smallest absolute Gasteiger partial charge is 0.273 e. The maximum absolute atomic E-state index is 15.0. The lowest BCUT2D eigenvalue weighted by molar-refractivity contribution is -0.0161. The van der Waals surface area contributed by atoms with Crippen LogP contribution in [0.4, 0.5) is 14.6 Å². The van der Waals surface area contributed by atoms with Gasteiger partial charge in [0.05, 0.1) is 30.2 Å². The number of H-pyrrole nitrogens is 1. The van der Waals surface area contributed by atoms with Gasteiger partial charge in [-0.2, -0.15) is 5.10 Å². The van der Waals surface area contributed by atoms with Crippen molar-refractivity contribution in [2.75, 3.05) is 11.9 Å². The number of alkyl halides is 1. The van der Waals surface area contributed by atoms with E-state index in [0.717, 1.165) is 0 Å². The maximum Gasteiger partial charge on any atom is 0.273 e. The number of nitrogens with one attached hydrogen (secondary N) is 2. The second-order valence-electron chi connectivity index (χ2n) is 9.79. The second kappa shape index (κ2) is 9.11. The minimum Gasteiger partial charge on any atom is -0.390 e. The molecule has 0 aromatic carbocycles. The Hall–Kier alpha value is -2.63. The average Bonchev–Trinajstić information content (AvgIpc) is 3.44. The first kappa shape index (κ1) is 24.1. The summed E-state index contributed by atoms with van der Waals surface area (Å²) in [5, 5.41) is 31.1. The van der Waals surface area contributed by atoms with Crippen molar-refractivity contribution in [1.82, 2.24) is 25.1 Å². The lowest BCUT2D eigenvalue weighted by atomic mass is 9.74. The molecule has 1 amide bonds. The van der Waals surface area contributed by atoms with Crippen molar-refractivity contribution in [2.24, 2.45) is 5.41 Å². The van der Waals surface area contributed by atoms with Gasteiger partial charge in [-0.15, -0.1) is 0 Å². The molecule has 2 aromatic heterocycles. The summed E-state index contributed by atoms with van der Waals surface area (Å²) >= 11 is 6.19. The molecule has 3 aliphatic rings. The lowest BCUT2D eigenvalue weighted by Crippen LogP contribution is -2.47. The first-order valence-electron chi connectivity index (χ1n) is 11.7. The highest BCUT2D eigenvalue weighted by atomic mass is 35.5. The van der Waals surface area contributed by atoms with E-state index in [1.807, 2.05) is 0 Å². The number of anilines is 1. The number of aromatic amines is 1. The second-order valence-corrected chi connectivity index (χ2v) is 10.3. The molecule has 2 aromatic rings. The van der Waals surface area contributed by atoms with Gasteiger partial charge in [0.2, 0.25) is 0 Å². The number of hydrogen-bond donors (Lipinski definition) is 4. The molecule has 2 aliphatic carbocycles. The minimum absolute atomic E-state index is 0.0203. The van der Waals surface area contributed by atoms with E-state index in [1.54, 1.807) is 6.92 Å². The number of aromatic nitrogens is 4. The summed E-state index contributed by atoms with van der Waals surface area (Å²) in [7, 11) is 0. The van der Waals surface area contributed by atoms with Gasteiger partial charge < -0.3 is 20.4 Å².